The smallest absolute Gasteiger partial charge is 0.417 e. The Hall–Kier alpha value is -3.34. The van der Waals surface area contributed by atoms with Crippen LogP contribution in [-0.2, 0) is 10.9 Å². The SMILES string of the molecule is COC(=O)NC(=O)c1cc(Oc2cccc(C(F)(F)F)c2Cl)ccc1[N+](=O)[O-]. The fourth-order valence-corrected chi connectivity index (χ4v) is 2.34. The number of rotatable bonds is 4. The highest BCUT2D eigenvalue weighted by atomic mass is 35.5. The summed E-state index contributed by atoms with van der Waals surface area (Å²) in [6.45, 7) is 0. The molecule has 28 heavy (non-hydrogen) atoms. The third-order valence-electron chi connectivity index (χ3n) is 3.31. The minimum Gasteiger partial charge on any atom is -0.456 e. The van der Waals surface area contributed by atoms with E-state index in [0.717, 1.165) is 43.5 Å². The number of nitrogens with one attached hydrogen (secondary N) is 1. The highest BCUT2D eigenvalue weighted by Crippen LogP contribution is 2.41. The molecule has 2 rings (SSSR count). The number of alkyl halides is 3. The van der Waals surface area contributed by atoms with Gasteiger partial charge in [-0.05, 0) is 18.2 Å². The van der Waals surface area contributed by atoms with Gasteiger partial charge in [0.15, 0.2) is 0 Å². The maximum Gasteiger partial charge on any atom is 0.417 e. The predicted octanol–water partition coefficient (Wildman–Crippen LogP) is 4.56. The number of methoxy groups -OCH3 is 1. The van der Waals surface area contributed by atoms with Crippen LogP contribution in [0, 0.1) is 10.1 Å². The van der Waals surface area contributed by atoms with E-state index >= 15 is 0 Å². The van der Waals surface area contributed by atoms with Crippen molar-refractivity contribution in [1.82, 2.24) is 5.32 Å². The van der Waals surface area contributed by atoms with Crippen LogP contribution in [0.4, 0.5) is 23.7 Å². The van der Waals surface area contributed by atoms with E-state index in [1.165, 1.54) is 0 Å². The summed E-state index contributed by atoms with van der Waals surface area (Å²) >= 11 is 5.72. The first-order valence-corrected chi connectivity index (χ1v) is 7.63. The van der Waals surface area contributed by atoms with Gasteiger partial charge in [-0.15, -0.1) is 0 Å². The van der Waals surface area contributed by atoms with Crippen LogP contribution < -0.4 is 10.1 Å². The molecule has 1 N–H and O–H groups in total. The standard InChI is InChI=1S/C16H10ClF3N2O6/c1-27-15(24)21-14(23)9-7-8(5-6-11(9)22(25)26)28-12-4-2-3-10(13(12)17)16(18,19)20/h2-7H,1H3,(H,21,23,24). The van der Waals surface area contributed by atoms with Crippen molar-refractivity contribution in [3.63, 3.8) is 0 Å². The molecule has 0 saturated heterocycles. The normalized spacial score (nSPS) is 10.9. The van der Waals surface area contributed by atoms with Crippen molar-refractivity contribution in [2.45, 2.75) is 6.18 Å². The number of halogens is 4. The minimum atomic E-state index is -4.72. The summed E-state index contributed by atoms with van der Waals surface area (Å²) in [7, 11) is 0.978. The molecule has 0 bridgehead atoms. The largest absolute Gasteiger partial charge is 0.456 e. The van der Waals surface area contributed by atoms with Gasteiger partial charge in [-0.3, -0.25) is 20.2 Å². The minimum absolute atomic E-state index is 0.221. The number of nitro groups is 1. The average Bonchev–Trinajstić information content (AvgIpc) is 2.62. The lowest BCUT2D eigenvalue weighted by Gasteiger charge is -2.13. The molecule has 0 aromatic heterocycles. The summed E-state index contributed by atoms with van der Waals surface area (Å²) in [5.74, 6) is -1.77. The first kappa shape index (κ1) is 21.0. The van der Waals surface area contributed by atoms with Crippen LogP contribution >= 0.6 is 11.6 Å². The van der Waals surface area contributed by atoms with Gasteiger partial charge in [-0.1, -0.05) is 17.7 Å². The number of nitro benzene ring substituents is 1. The molecular weight excluding hydrogens is 409 g/mol. The molecule has 0 unspecified atom stereocenters. The molecule has 12 heteroatoms. The second-order valence-corrected chi connectivity index (χ2v) is 5.48. The summed E-state index contributed by atoms with van der Waals surface area (Å²) in [5, 5.41) is 12.1. The Bertz CT molecular complexity index is 948. The van der Waals surface area contributed by atoms with E-state index in [2.05, 4.69) is 4.74 Å². The quantitative estimate of drug-likeness (QED) is 0.576. The second kappa shape index (κ2) is 8.13. The van der Waals surface area contributed by atoms with E-state index < -0.39 is 44.9 Å². The van der Waals surface area contributed by atoms with Gasteiger partial charge in [0.25, 0.3) is 11.6 Å². The summed E-state index contributed by atoms with van der Waals surface area (Å²) in [6.07, 6.45) is -5.89. The van der Waals surface area contributed by atoms with Crippen LogP contribution in [0.3, 0.4) is 0 Å². The van der Waals surface area contributed by atoms with Crippen molar-refractivity contribution in [3.8, 4) is 11.5 Å². The molecule has 2 amide bonds. The third-order valence-corrected chi connectivity index (χ3v) is 3.70. The number of nitrogens with zero attached hydrogens (tertiary/aromatic N) is 1. The molecule has 0 saturated carbocycles. The number of alkyl carbamates (subject to hydrolysis) is 1. The molecule has 0 radical (unpaired) electrons. The van der Waals surface area contributed by atoms with Crippen molar-refractivity contribution in [2.75, 3.05) is 7.11 Å². The molecule has 148 valence electrons. The van der Waals surface area contributed by atoms with Gasteiger partial charge in [0.05, 0.1) is 22.6 Å². The molecule has 0 aliphatic heterocycles. The summed E-state index contributed by atoms with van der Waals surface area (Å²) in [6, 6.07) is 5.79. The Labute approximate surface area is 160 Å². The zero-order valence-electron chi connectivity index (χ0n) is 13.9. The number of carbonyl (C=O) groups is 2. The second-order valence-electron chi connectivity index (χ2n) is 5.10. The number of hydrogen-bond donors (Lipinski definition) is 1. The van der Waals surface area contributed by atoms with E-state index in [9.17, 15) is 32.9 Å². The number of hydrogen-bond acceptors (Lipinski definition) is 6. The number of ether oxygens (including phenoxy) is 2. The molecule has 0 fully saturated rings. The number of benzene rings is 2. The molecule has 8 nitrogen and oxygen atoms in total. The van der Waals surface area contributed by atoms with Crippen LogP contribution in [0.15, 0.2) is 36.4 Å². The van der Waals surface area contributed by atoms with E-state index in [1.54, 1.807) is 5.32 Å². The Balaban J connectivity index is 2.43. The molecule has 0 heterocycles. The van der Waals surface area contributed by atoms with Crippen molar-refractivity contribution in [3.05, 3.63) is 62.7 Å². The zero-order valence-corrected chi connectivity index (χ0v) is 14.6. The molecule has 0 atom stereocenters. The lowest BCUT2D eigenvalue weighted by atomic mass is 10.1. The molecule has 2 aromatic rings. The number of imide groups is 1. The monoisotopic (exact) mass is 418 g/mol. The maximum absolute atomic E-state index is 12.9. The fraction of sp³-hybridized carbons (Fsp3) is 0.125. The van der Waals surface area contributed by atoms with Crippen molar-refractivity contribution < 1.29 is 37.2 Å². The van der Waals surface area contributed by atoms with Crippen LogP contribution in [0.5, 0.6) is 11.5 Å². The summed E-state index contributed by atoms with van der Waals surface area (Å²) in [4.78, 5) is 33.4. The van der Waals surface area contributed by atoms with Crippen molar-refractivity contribution >= 4 is 29.3 Å². The van der Waals surface area contributed by atoms with Gasteiger partial charge in [-0.25, -0.2) is 4.79 Å². The number of amides is 2. The van der Waals surface area contributed by atoms with Crippen molar-refractivity contribution in [2.24, 2.45) is 0 Å². The van der Waals surface area contributed by atoms with E-state index in [-0.39, 0.29) is 11.5 Å². The van der Waals surface area contributed by atoms with Gasteiger partial charge in [0.2, 0.25) is 0 Å². The molecule has 0 aliphatic rings. The molecule has 2 aromatic carbocycles. The lowest BCUT2D eigenvalue weighted by molar-refractivity contribution is -0.385. The van der Waals surface area contributed by atoms with Crippen LogP contribution in [0.25, 0.3) is 0 Å². The molecule has 0 aliphatic carbocycles. The molecule has 0 spiro atoms. The Kier molecular flexibility index (Phi) is 6.09. The van der Waals surface area contributed by atoms with E-state index in [0.29, 0.717) is 0 Å². The van der Waals surface area contributed by atoms with E-state index in [1.807, 2.05) is 0 Å². The number of carbonyl (C=O) groups excluding carboxylic acids is 2. The first-order valence-electron chi connectivity index (χ1n) is 7.26. The highest BCUT2D eigenvalue weighted by Gasteiger charge is 2.34. The Morgan fingerprint density at radius 1 is 1.21 bits per heavy atom. The Morgan fingerprint density at radius 2 is 1.89 bits per heavy atom. The zero-order chi connectivity index (χ0) is 21.1. The average molecular weight is 419 g/mol. The van der Waals surface area contributed by atoms with Gasteiger partial charge in [-0.2, -0.15) is 13.2 Å². The predicted molar refractivity (Wildman–Crippen MR) is 89.5 cm³/mol. The third kappa shape index (κ3) is 4.68. The Morgan fingerprint density at radius 3 is 2.46 bits per heavy atom. The van der Waals surface area contributed by atoms with Gasteiger partial charge in [0.1, 0.15) is 17.1 Å². The summed E-state index contributed by atoms with van der Waals surface area (Å²) in [5.41, 5.74) is -2.38. The van der Waals surface area contributed by atoms with Gasteiger partial charge < -0.3 is 9.47 Å². The fourth-order valence-electron chi connectivity index (χ4n) is 2.07. The maximum atomic E-state index is 12.9. The van der Waals surface area contributed by atoms with Gasteiger partial charge >= 0.3 is 12.3 Å². The van der Waals surface area contributed by atoms with Crippen LogP contribution in [0.2, 0.25) is 5.02 Å². The first-order chi connectivity index (χ1) is 13.0. The lowest BCUT2D eigenvalue weighted by Crippen LogP contribution is -2.30. The van der Waals surface area contributed by atoms with Crippen LogP contribution in [0.1, 0.15) is 15.9 Å². The summed E-state index contributed by atoms with van der Waals surface area (Å²) < 4.78 is 48.3. The van der Waals surface area contributed by atoms with Crippen LogP contribution in [-0.4, -0.2) is 24.0 Å². The highest BCUT2D eigenvalue weighted by molar-refractivity contribution is 6.33. The van der Waals surface area contributed by atoms with Gasteiger partial charge in [0, 0.05) is 12.1 Å². The topological polar surface area (TPSA) is 108 Å². The molecular formula is C16H10ClF3N2O6. The van der Waals surface area contributed by atoms with E-state index in [4.69, 9.17) is 16.3 Å². The van der Waals surface area contributed by atoms with Crippen molar-refractivity contribution in [1.29, 1.82) is 0 Å².